The highest BCUT2D eigenvalue weighted by Gasteiger charge is 2.39. The number of fused-ring (bicyclic) bond motifs is 3. The quantitative estimate of drug-likeness (QED) is 0.526. The second kappa shape index (κ2) is 6.40. The monoisotopic (exact) mass is 315 g/mol. The number of rotatable bonds is 4. The van der Waals surface area contributed by atoms with Gasteiger partial charge in [-0.3, -0.25) is 14.9 Å². The Bertz CT molecular complexity index is 644. The molecule has 0 radical (unpaired) electrons. The van der Waals surface area contributed by atoms with E-state index in [2.05, 4.69) is 16.8 Å². The minimum atomic E-state index is -0.380. The third-order valence-electron chi connectivity index (χ3n) is 4.79. The van der Waals surface area contributed by atoms with Crippen molar-refractivity contribution >= 4 is 17.3 Å². The van der Waals surface area contributed by atoms with Crippen molar-refractivity contribution in [2.75, 3.05) is 18.0 Å². The molecule has 0 aromatic heterocycles. The predicted octanol–water partition coefficient (Wildman–Crippen LogP) is 2.43. The van der Waals surface area contributed by atoms with Crippen LogP contribution < -0.4 is 10.2 Å². The van der Waals surface area contributed by atoms with Crippen LogP contribution in [0.15, 0.2) is 30.9 Å². The largest absolute Gasteiger partial charge is 0.368 e. The first-order valence-corrected chi connectivity index (χ1v) is 8.04. The van der Waals surface area contributed by atoms with Gasteiger partial charge in [0, 0.05) is 37.0 Å². The van der Waals surface area contributed by atoms with E-state index in [0.29, 0.717) is 13.0 Å². The van der Waals surface area contributed by atoms with Gasteiger partial charge in [-0.1, -0.05) is 6.08 Å². The molecule has 0 unspecified atom stereocenters. The SMILES string of the molecule is C=CCNC(=O)[C@H]1Cc2cc([N+](=O)[O-])ccc2N2CCCC[C@H]12. The third-order valence-corrected chi connectivity index (χ3v) is 4.79. The van der Waals surface area contributed by atoms with Gasteiger partial charge in [-0.15, -0.1) is 6.58 Å². The molecule has 1 amide bonds. The van der Waals surface area contributed by atoms with Crippen molar-refractivity contribution in [1.82, 2.24) is 5.32 Å². The van der Waals surface area contributed by atoms with E-state index in [4.69, 9.17) is 0 Å². The van der Waals surface area contributed by atoms with Crippen LogP contribution in [0.3, 0.4) is 0 Å². The van der Waals surface area contributed by atoms with E-state index in [1.54, 1.807) is 18.2 Å². The van der Waals surface area contributed by atoms with E-state index in [0.717, 1.165) is 37.1 Å². The Kier molecular flexibility index (Phi) is 4.32. The number of hydrogen-bond donors (Lipinski definition) is 1. The van der Waals surface area contributed by atoms with Crippen molar-refractivity contribution in [3.63, 3.8) is 0 Å². The van der Waals surface area contributed by atoms with Gasteiger partial charge < -0.3 is 10.2 Å². The first-order valence-electron chi connectivity index (χ1n) is 8.04. The maximum Gasteiger partial charge on any atom is 0.269 e. The van der Waals surface area contributed by atoms with Crippen molar-refractivity contribution in [2.45, 2.75) is 31.7 Å². The Balaban J connectivity index is 1.94. The number of nitro groups is 1. The van der Waals surface area contributed by atoms with Crippen molar-refractivity contribution in [2.24, 2.45) is 5.92 Å². The lowest BCUT2D eigenvalue weighted by molar-refractivity contribution is -0.384. The van der Waals surface area contributed by atoms with Crippen LogP contribution in [-0.2, 0) is 11.2 Å². The highest BCUT2D eigenvalue weighted by molar-refractivity contribution is 5.82. The molecule has 2 heterocycles. The predicted molar refractivity (Wildman–Crippen MR) is 88.5 cm³/mol. The molecule has 1 saturated heterocycles. The van der Waals surface area contributed by atoms with Crippen molar-refractivity contribution < 1.29 is 9.72 Å². The van der Waals surface area contributed by atoms with E-state index in [1.165, 1.54) is 0 Å². The molecule has 2 aliphatic heterocycles. The molecule has 6 heteroatoms. The number of non-ortho nitro benzene ring substituents is 1. The number of anilines is 1. The van der Waals surface area contributed by atoms with Crippen LogP contribution in [0.5, 0.6) is 0 Å². The number of amides is 1. The number of nitrogens with one attached hydrogen (secondary N) is 1. The molecule has 2 atom stereocenters. The summed E-state index contributed by atoms with van der Waals surface area (Å²) in [4.78, 5) is 25.4. The van der Waals surface area contributed by atoms with Gasteiger partial charge in [-0.25, -0.2) is 0 Å². The van der Waals surface area contributed by atoms with Crippen LogP contribution in [0.1, 0.15) is 24.8 Å². The summed E-state index contributed by atoms with van der Waals surface area (Å²) in [5.41, 5.74) is 2.04. The van der Waals surface area contributed by atoms with Gasteiger partial charge in [0.15, 0.2) is 0 Å². The molecule has 1 fully saturated rings. The molecule has 1 aromatic carbocycles. The fourth-order valence-electron chi connectivity index (χ4n) is 3.75. The van der Waals surface area contributed by atoms with Gasteiger partial charge in [-0.05, 0) is 37.3 Å². The van der Waals surface area contributed by atoms with E-state index in [9.17, 15) is 14.9 Å². The molecule has 1 aromatic rings. The van der Waals surface area contributed by atoms with Crippen molar-refractivity contribution in [1.29, 1.82) is 0 Å². The number of nitrogens with zero attached hydrogens (tertiary/aromatic N) is 2. The maximum absolute atomic E-state index is 12.5. The Morgan fingerprint density at radius 2 is 2.30 bits per heavy atom. The molecule has 122 valence electrons. The Hall–Kier alpha value is -2.37. The minimum Gasteiger partial charge on any atom is -0.368 e. The topological polar surface area (TPSA) is 75.5 Å². The molecule has 0 spiro atoms. The summed E-state index contributed by atoms with van der Waals surface area (Å²) in [6.45, 7) is 4.98. The Morgan fingerprint density at radius 1 is 1.48 bits per heavy atom. The fourth-order valence-corrected chi connectivity index (χ4v) is 3.75. The first kappa shape index (κ1) is 15.5. The van der Waals surface area contributed by atoms with Gasteiger partial charge in [-0.2, -0.15) is 0 Å². The zero-order valence-electron chi connectivity index (χ0n) is 13.0. The standard InChI is InChI=1S/C17H21N3O3/c1-2-8-18-17(21)14-11-12-10-13(20(22)23)6-7-15(12)19-9-4-3-5-16(14)19/h2,6-7,10,14,16H,1,3-5,8-9,11H2,(H,18,21)/t14-,16+/m0/s1. The molecule has 0 saturated carbocycles. The molecule has 0 aliphatic carbocycles. The van der Waals surface area contributed by atoms with Crippen molar-refractivity contribution in [3.05, 3.63) is 46.5 Å². The van der Waals surface area contributed by atoms with Crippen molar-refractivity contribution in [3.8, 4) is 0 Å². The molecular formula is C17H21N3O3. The molecular weight excluding hydrogens is 294 g/mol. The number of benzene rings is 1. The van der Waals surface area contributed by atoms with Crippen LogP contribution in [0.25, 0.3) is 0 Å². The summed E-state index contributed by atoms with van der Waals surface area (Å²) in [6.07, 6.45) is 5.42. The van der Waals surface area contributed by atoms with Gasteiger partial charge in [0.25, 0.3) is 5.69 Å². The summed E-state index contributed by atoms with van der Waals surface area (Å²) in [5, 5.41) is 13.9. The van der Waals surface area contributed by atoms with Gasteiger partial charge in [0.1, 0.15) is 0 Å². The van der Waals surface area contributed by atoms with Crippen LogP contribution in [0.4, 0.5) is 11.4 Å². The third kappa shape index (κ3) is 2.93. The Labute approximate surface area is 135 Å². The number of carbonyl (C=O) groups excluding carboxylic acids is 1. The van der Waals surface area contributed by atoms with Gasteiger partial charge >= 0.3 is 0 Å². The molecule has 0 bridgehead atoms. The summed E-state index contributed by atoms with van der Waals surface area (Å²) in [6, 6.07) is 5.20. The molecule has 6 nitrogen and oxygen atoms in total. The first-order chi connectivity index (χ1) is 11.1. The second-order valence-corrected chi connectivity index (χ2v) is 6.17. The van der Waals surface area contributed by atoms with E-state index < -0.39 is 0 Å². The van der Waals surface area contributed by atoms with E-state index in [-0.39, 0.29) is 28.5 Å². The van der Waals surface area contributed by atoms with Crippen LogP contribution in [0, 0.1) is 16.0 Å². The summed E-state index contributed by atoms with van der Waals surface area (Å²) < 4.78 is 0. The van der Waals surface area contributed by atoms with Gasteiger partial charge in [0.05, 0.1) is 10.8 Å². The lowest BCUT2D eigenvalue weighted by Crippen LogP contribution is -2.53. The molecule has 3 rings (SSSR count). The zero-order valence-corrected chi connectivity index (χ0v) is 13.0. The number of carbonyl (C=O) groups is 1. The number of hydrogen-bond acceptors (Lipinski definition) is 4. The smallest absolute Gasteiger partial charge is 0.269 e. The lowest BCUT2D eigenvalue weighted by Gasteiger charge is -2.45. The van der Waals surface area contributed by atoms with E-state index >= 15 is 0 Å². The average Bonchev–Trinajstić information content (AvgIpc) is 2.58. The summed E-state index contributed by atoms with van der Waals surface area (Å²) in [5.74, 6) is -0.149. The highest BCUT2D eigenvalue weighted by Crippen LogP contribution is 2.39. The average molecular weight is 315 g/mol. The number of nitro benzene ring substituents is 1. The maximum atomic E-state index is 12.5. The number of piperidine rings is 1. The minimum absolute atomic E-state index is 0.0129. The summed E-state index contributed by atoms with van der Waals surface area (Å²) >= 11 is 0. The highest BCUT2D eigenvalue weighted by atomic mass is 16.6. The van der Waals surface area contributed by atoms with Gasteiger partial charge in [0.2, 0.25) is 5.91 Å². The fraction of sp³-hybridized carbons (Fsp3) is 0.471. The lowest BCUT2D eigenvalue weighted by atomic mass is 9.80. The van der Waals surface area contributed by atoms with Crippen LogP contribution in [0.2, 0.25) is 0 Å². The Morgan fingerprint density at radius 3 is 3.04 bits per heavy atom. The molecule has 23 heavy (non-hydrogen) atoms. The summed E-state index contributed by atoms with van der Waals surface area (Å²) in [7, 11) is 0. The normalized spacial score (nSPS) is 22.7. The van der Waals surface area contributed by atoms with E-state index in [1.807, 2.05) is 6.07 Å². The van der Waals surface area contributed by atoms with Crippen LogP contribution in [-0.4, -0.2) is 30.0 Å². The van der Waals surface area contributed by atoms with Crippen LogP contribution >= 0.6 is 0 Å². The zero-order chi connectivity index (χ0) is 16.4. The molecule has 1 N–H and O–H groups in total. The molecule has 2 aliphatic rings. The second-order valence-electron chi connectivity index (χ2n) is 6.17.